The van der Waals surface area contributed by atoms with Crippen LogP contribution in [0, 0.1) is 5.92 Å². The molecule has 0 aromatic heterocycles. The molecular formula is C20H27N3O4S2. The summed E-state index contributed by atoms with van der Waals surface area (Å²) in [7, 11) is -3.52. The van der Waals surface area contributed by atoms with Crippen LogP contribution >= 0.6 is 11.8 Å². The molecule has 3 aliphatic heterocycles. The monoisotopic (exact) mass is 437 g/mol. The fourth-order valence-corrected chi connectivity index (χ4v) is 7.49. The van der Waals surface area contributed by atoms with Gasteiger partial charge in [0.05, 0.1) is 9.77 Å². The Morgan fingerprint density at radius 3 is 2.69 bits per heavy atom. The van der Waals surface area contributed by atoms with Gasteiger partial charge in [0.1, 0.15) is 6.04 Å². The number of carbonyl (C=O) groups excluding carboxylic acids is 2. The molecule has 0 saturated carbocycles. The van der Waals surface area contributed by atoms with Gasteiger partial charge in [-0.2, -0.15) is 4.31 Å². The molecule has 0 unspecified atom stereocenters. The Labute approximate surface area is 176 Å². The van der Waals surface area contributed by atoms with Gasteiger partial charge in [-0.15, -0.1) is 11.8 Å². The SMILES string of the molecule is C[C@@H]1CCCN(S(=O)(=O)c2ccc(NC(=O)[C@@H]3CS[C@@]4(C)CCC(=O)N34)cc2)C1. The zero-order chi connectivity index (χ0) is 20.8. The van der Waals surface area contributed by atoms with Crippen molar-refractivity contribution < 1.29 is 18.0 Å². The smallest absolute Gasteiger partial charge is 0.248 e. The predicted octanol–water partition coefficient (Wildman–Crippen LogP) is 2.50. The maximum absolute atomic E-state index is 12.9. The third kappa shape index (κ3) is 3.80. The third-order valence-corrected chi connectivity index (χ3v) is 9.51. The van der Waals surface area contributed by atoms with E-state index in [0.717, 1.165) is 19.3 Å². The van der Waals surface area contributed by atoms with Gasteiger partial charge >= 0.3 is 0 Å². The van der Waals surface area contributed by atoms with Gasteiger partial charge in [0.15, 0.2) is 0 Å². The van der Waals surface area contributed by atoms with Crippen LogP contribution in [-0.2, 0) is 19.6 Å². The highest BCUT2D eigenvalue weighted by Crippen LogP contribution is 2.47. The lowest BCUT2D eigenvalue weighted by molar-refractivity contribution is -0.135. The molecule has 2 amide bonds. The van der Waals surface area contributed by atoms with Crippen LogP contribution in [0.4, 0.5) is 5.69 Å². The Bertz CT molecular complexity index is 918. The van der Waals surface area contributed by atoms with Gasteiger partial charge < -0.3 is 10.2 Å². The summed E-state index contributed by atoms with van der Waals surface area (Å²) in [5.74, 6) is 0.736. The predicted molar refractivity (Wildman–Crippen MR) is 113 cm³/mol. The fraction of sp³-hybridized carbons (Fsp3) is 0.600. The summed E-state index contributed by atoms with van der Waals surface area (Å²) in [5, 5.41) is 2.84. The number of nitrogens with one attached hydrogen (secondary N) is 1. The fourth-order valence-electron chi connectivity index (χ4n) is 4.46. The van der Waals surface area contributed by atoms with E-state index in [4.69, 9.17) is 0 Å². The molecule has 0 radical (unpaired) electrons. The second-order valence-electron chi connectivity index (χ2n) is 8.39. The van der Waals surface area contributed by atoms with Crippen molar-refractivity contribution in [1.29, 1.82) is 0 Å². The number of rotatable bonds is 4. The first-order valence-corrected chi connectivity index (χ1v) is 12.5. The number of carbonyl (C=O) groups is 2. The van der Waals surface area contributed by atoms with Crippen LogP contribution < -0.4 is 5.32 Å². The van der Waals surface area contributed by atoms with Gasteiger partial charge in [0.25, 0.3) is 0 Å². The van der Waals surface area contributed by atoms with Crippen LogP contribution in [0.1, 0.15) is 39.5 Å². The summed E-state index contributed by atoms with van der Waals surface area (Å²) in [5.41, 5.74) is 0.534. The molecule has 3 aliphatic rings. The van der Waals surface area contributed by atoms with Crippen molar-refractivity contribution in [3.8, 4) is 0 Å². The number of sulfonamides is 1. The molecule has 29 heavy (non-hydrogen) atoms. The van der Waals surface area contributed by atoms with Crippen LogP contribution in [0.2, 0.25) is 0 Å². The lowest BCUT2D eigenvalue weighted by atomic mass is 10.0. The Morgan fingerprint density at radius 2 is 2.00 bits per heavy atom. The average molecular weight is 438 g/mol. The first-order valence-electron chi connectivity index (χ1n) is 10.1. The minimum Gasteiger partial charge on any atom is -0.324 e. The second kappa shape index (κ2) is 7.59. The van der Waals surface area contributed by atoms with E-state index in [2.05, 4.69) is 12.2 Å². The molecule has 158 valence electrons. The maximum atomic E-state index is 12.9. The van der Waals surface area contributed by atoms with Crippen molar-refractivity contribution in [2.24, 2.45) is 5.92 Å². The van der Waals surface area contributed by atoms with Crippen molar-refractivity contribution in [1.82, 2.24) is 9.21 Å². The van der Waals surface area contributed by atoms with Crippen molar-refractivity contribution in [3.63, 3.8) is 0 Å². The Hall–Kier alpha value is -1.58. The summed E-state index contributed by atoms with van der Waals surface area (Å²) in [6, 6.07) is 5.83. The molecule has 3 atom stereocenters. The molecular weight excluding hydrogens is 410 g/mol. The number of fused-ring (bicyclic) bond motifs is 1. The number of anilines is 1. The third-order valence-electron chi connectivity index (χ3n) is 6.13. The minimum absolute atomic E-state index is 0.0230. The van der Waals surface area contributed by atoms with Crippen molar-refractivity contribution in [2.45, 2.75) is 55.3 Å². The van der Waals surface area contributed by atoms with Crippen LogP contribution in [0.3, 0.4) is 0 Å². The molecule has 7 nitrogen and oxygen atoms in total. The van der Waals surface area contributed by atoms with E-state index in [0.29, 0.717) is 36.9 Å². The van der Waals surface area contributed by atoms with E-state index in [1.807, 2.05) is 6.92 Å². The largest absolute Gasteiger partial charge is 0.324 e. The zero-order valence-electron chi connectivity index (χ0n) is 16.8. The highest BCUT2D eigenvalue weighted by Gasteiger charge is 2.52. The highest BCUT2D eigenvalue weighted by molar-refractivity contribution is 8.01. The molecule has 9 heteroatoms. The van der Waals surface area contributed by atoms with Gasteiger partial charge in [-0.25, -0.2) is 8.42 Å². The van der Waals surface area contributed by atoms with E-state index < -0.39 is 16.1 Å². The number of benzene rings is 1. The summed E-state index contributed by atoms with van der Waals surface area (Å²) in [6.45, 7) is 5.17. The van der Waals surface area contributed by atoms with Gasteiger partial charge in [0, 0.05) is 31.0 Å². The number of hydrogen-bond acceptors (Lipinski definition) is 5. The zero-order valence-corrected chi connectivity index (χ0v) is 18.4. The van der Waals surface area contributed by atoms with Crippen molar-refractivity contribution >= 4 is 39.3 Å². The summed E-state index contributed by atoms with van der Waals surface area (Å²) in [4.78, 5) is 26.6. The van der Waals surface area contributed by atoms with Crippen molar-refractivity contribution in [2.75, 3.05) is 24.2 Å². The molecule has 0 bridgehead atoms. The number of piperidine rings is 1. The summed E-state index contributed by atoms with van der Waals surface area (Å²) >= 11 is 1.65. The molecule has 1 aromatic carbocycles. The van der Waals surface area contributed by atoms with Crippen LogP contribution in [0.5, 0.6) is 0 Å². The first kappa shape index (κ1) is 20.7. The van der Waals surface area contributed by atoms with Crippen LogP contribution in [0.15, 0.2) is 29.2 Å². The number of nitrogens with zero attached hydrogens (tertiary/aromatic N) is 2. The van der Waals surface area contributed by atoms with E-state index in [9.17, 15) is 18.0 Å². The Kier molecular flexibility index (Phi) is 5.41. The van der Waals surface area contributed by atoms with E-state index in [1.165, 1.54) is 0 Å². The normalized spacial score (nSPS) is 30.4. The molecule has 1 aromatic rings. The maximum Gasteiger partial charge on any atom is 0.248 e. The average Bonchev–Trinajstić information content (AvgIpc) is 3.18. The molecule has 4 rings (SSSR count). The Morgan fingerprint density at radius 1 is 1.28 bits per heavy atom. The number of hydrogen-bond donors (Lipinski definition) is 1. The van der Waals surface area contributed by atoms with E-state index >= 15 is 0 Å². The quantitative estimate of drug-likeness (QED) is 0.782. The summed E-state index contributed by atoms with van der Waals surface area (Å²) < 4.78 is 27.3. The molecule has 1 N–H and O–H groups in total. The van der Waals surface area contributed by atoms with Gasteiger partial charge in [-0.3, -0.25) is 9.59 Å². The lowest BCUT2D eigenvalue weighted by Crippen LogP contribution is -2.48. The first-order chi connectivity index (χ1) is 13.7. The van der Waals surface area contributed by atoms with E-state index in [-0.39, 0.29) is 21.6 Å². The molecule has 0 aliphatic carbocycles. The molecule has 0 spiro atoms. The molecule has 3 fully saturated rings. The lowest BCUT2D eigenvalue weighted by Gasteiger charge is -2.30. The summed E-state index contributed by atoms with van der Waals surface area (Å²) in [6.07, 6.45) is 3.17. The Balaban J connectivity index is 1.45. The van der Waals surface area contributed by atoms with Gasteiger partial charge in [0.2, 0.25) is 21.8 Å². The highest BCUT2D eigenvalue weighted by atomic mass is 32.2. The standard InChI is InChI=1S/C20H27N3O4S2/c1-14-4-3-11-22(12-14)29(26,27)16-7-5-15(6-8-16)21-19(25)17-13-28-20(2)10-9-18(24)23(17)20/h5-8,14,17H,3-4,9-13H2,1-2H3,(H,21,25)/t14-,17+,20+/m1/s1. The number of amides is 2. The second-order valence-corrected chi connectivity index (χ2v) is 11.8. The molecule has 3 saturated heterocycles. The van der Waals surface area contributed by atoms with E-state index in [1.54, 1.807) is 45.2 Å². The van der Waals surface area contributed by atoms with Crippen LogP contribution in [-0.4, -0.2) is 59.2 Å². The molecule has 3 heterocycles. The van der Waals surface area contributed by atoms with Gasteiger partial charge in [-0.05, 0) is 56.4 Å². The van der Waals surface area contributed by atoms with Gasteiger partial charge in [-0.1, -0.05) is 6.92 Å². The minimum atomic E-state index is -3.52. The number of thioether (sulfide) groups is 1. The van der Waals surface area contributed by atoms with Crippen LogP contribution in [0.25, 0.3) is 0 Å². The topological polar surface area (TPSA) is 86.8 Å². The van der Waals surface area contributed by atoms with Crippen molar-refractivity contribution in [3.05, 3.63) is 24.3 Å².